The van der Waals surface area contributed by atoms with Crippen molar-refractivity contribution in [3.05, 3.63) is 36.0 Å². The van der Waals surface area contributed by atoms with Gasteiger partial charge in [0.25, 0.3) is 5.91 Å². The van der Waals surface area contributed by atoms with E-state index in [0.717, 1.165) is 6.26 Å². The average Bonchev–Trinajstić information content (AvgIpc) is 2.86. The van der Waals surface area contributed by atoms with Crippen molar-refractivity contribution in [2.45, 2.75) is 11.8 Å². The van der Waals surface area contributed by atoms with Gasteiger partial charge < -0.3 is 9.73 Å². The van der Waals surface area contributed by atoms with Gasteiger partial charge in [0.1, 0.15) is 0 Å². The number of nitrogens with one attached hydrogen (secondary N) is 1. The van der Waals surface area contributed by atoms with Crippen LogP contribution in [0.3, 0.4) is 0 Å². The van der Waals surface area contributed by atoms with Gasteiger partial charge in [-0.2, -0.15) is 0 Å². The van der Waals surface area contributed by atoms with Crippen LogP contribution < -0.4 is 5.32 Å². The Morgan fingerprint density at radius 1 is 1.42 bits per heavy atom. The number of pyridine rings is 1. The van der Waals surface area contributed by atoms with Crippen molar-refractivity contribution in [3.8, 4) is 0 Å². The van der Waals surface area contributed by atoms with Crippen molar-refractivity contribution >= 4 is 15.7 Å². The average molecular weight is 282 g/mol. The molecule has 8 nitrogen and oxygen atoms in total. The monoisotopic (exact) mass is 282 g/mol. The maximum absolute atomic E-state index is 11.7. The van der Waals surface area contributed by atoms with Crippen molar-refractivity contribution < 1.29 is 17.6 Å². The topological polar surface area (TPSA) is 115 Å². The van der Waals surface area contributed by atoms with Crippen LogP contribution in [0.5, 0.6) is 0 Å². The zero-order valence-corrected chi connectivity index (χ0v) is 10.7. The molecule has 19 heavy (non-hydrogen) atoms. The van der Waals surface area contributed by atoms with Crippen molar-refractivity contribution in [1.29, 1.82) is 0 Å². The fourth-order valence-electron chi connectivity index (χ4n) is 1.21. The van der Waals surface area contributed by atoms with E-state index >= 15 is 0 Å². The van der Waals surface area contributed by atoms with Crippen molar-refractivity contribution in [2.75, 3.05) is 6.26 Å². The number of aromatic nitrogens is 3. The summed E-state index contributed by atoms with van der Waals surface area (Å²) in [5.74, 6) is -0.357. The molecule has 2 heterocycles. The highest BCUT2D eigenvalue weighted by Crippen LogP contribution is 2.06. The molecule has 0 bridgehead atoms. The summed E-state index contributed by atoms with van der Waals surface area (Å²) in [5, 5.41) is 8.93. The normalized spacial score (nSPS) is 11.2. The molecule has 0 radical (unpaired) electrons. The number of rotatable bonds is 4. The largest absolute Gasteiger partial charge is 0.411 e. The van der Waals surface area contributed by atoms with Crippen LogP contribution in [-0.2, 0) is 16.4 Å². The summed E-state index contributed by atoms with van der Waals surface area (Å²) >= 11 is 0. The predicted octanol–water partition coefficient (Wildman–Crippen LogP) is -0.202. The molecule has 0 spiro atoms. The minimum atomic E-state index is -3.54. The van der Waals surface area contributed by atoms with Crippen LogP contribution in [0.4, 0.5) is 0 Å². The number of sulfone groups is 1. The first-order valence-corrected chi connectivity index (χ1v) is 7.06. The minimum absolute atomic E-state index is 0.0117. The Balaban J connectivity index is 2.00. The van der Waals surface area contributed by atoms with E-state index in [2.05, 4.69) is 20.5 Å². The Kier molecular flexibility index (Phi) is 3.56. The molecule has 0 unspecified atom stereocenters. The molecular formula is C10H10N4O4S. The standard InChI is InChI=1S/C10H10N4O4S/c1-19(16,17)10-14-13-8(18-10)6-12-9(15)7-3-2-4-11-5-7/h2-5H,6H2,1H3,(H,12,15). The predicted molar refractivity (Wildman–Crippen MR) is 62.8 cm³/mol. The smallest absolute Gasteiger partial charge is 0.335 e. The Morgan fingerprint density at radius 2 is 2.21 bits per heavy atom. The van der Waals surface area contributed by atoms with Crippen LogP contribution in [0.2, 0.25) is 0 Å². The lowest BCUT2D eigenvalue weighted by molar-refractivity contribution is 0.0946. The molecule has 0 aliphatic heterocycles. The van der Waals surface area contributed by atoms with E-state index in [9.17, 15) is 13.2 Å². The van der Waals surface area contributed by atoms with Crippen LogP contribution in [0.1, 0.15) is 16.2 Å². The van der Waals surface area contributed by atoms with Gasteiger partial charge in [0.05, 0.1) is 12.1 Å². The van der Waals surface area contributed by atoms with Gasteiger partial charge in [-0.15, -0.1) is 5.10 Å². The van der Waals surface area contributed by atoms with E-state index in [-0.39, 0.29) is 18.3 Å². The molecule has 0 atom stereocenters. The second kappa shape index (κ2) is 5.14. The number of hydrogen-bond acceptors (Lipinski definition) is 7. The van der Waals surface area contributed by atoms with Crippen molar-refractivity contribution in [2.24, 2.45) is 0 Å². The number of carbonyl (C=O) groups is 1. The molecule has 1 N–H and O–H groups in total. The van der Waals surface area contributed by atoms with E-state index in [1.165, 1.54) is 6.20 Å². The van der Waals surface area contributed by atoms with Gasteiger partial charge >= 0.3 is 5.22 Å². The lowest BCUT2D eigenvalue weighted by atomic mass is 10.3. The Hall–Kier alpha value is -2.29. The molecule has 100 valence electrons. The van der Waals surface area contributed by atoms with Crippen LogP contribution in [-0.4, -0.2) is 35.8 Å². The molecule has 2 aromatic rings. The third-order valence-corrected chi connectivity index (χ3v) is 2.89. The fourth-order valence-corrected chi connectivity index (χ4v) is 1.65. The van der Waals surface area contributed by atoms with E-state index in [0.29, 0.717) is 5.56 Å². The summed E-state index contributed by atoms with van der Waals surface area (Å²) in [7, 11) is -3.54. The van der Waals surface area contributed by atoms with E-state index < -0.39 is 15.1 Å². The molecule has 2 rings (SSSR count). The zero-order chi connectivity index (χ0) is 13.9. The number of carbonyl (C=O) groups excluding carboxylic acids is 1. The Bertz CT molecular complexity index is 681. The van der Waals surface area contributed by atoms with Crippen molar-refractivity contribution in [3.63, 3.8) is 0 Å². The van der Waals surface area contributed by atoms with E-state index in [1.807, 2.05) is 0 Å². The van der Waals surface area contributed by atoms with Crippen LogP contribution in [0.15, 0.2) is 34.2 Å². The summed E-state index contributed by atoms with van der Waals surface area (Å²) in [6, 6.07) is 3.22. The highest BCUT2D eigenvalue weighted by Gasteiger charge is 2.16. The van der Waals surface area contributed by atoms with Crippen LogP contribution in [0.25, 0.3) is 0 Å². The van der Waals surface area contributed by atoms with Crippen molar-refractivity contribution in [1.82, 2.24) is 20.5 Å². The van der Waals surface area contributed by atoms with Gasteiger partial charge in [-0.3, -0.25) is 9.78 Å². The molecule has 2 aromatic heterocycles. The molecule has 0 saturated carbocycles. The highest BCUT2D eigenvalue weighted by molar-refractivity contribution is 7.90. The lowest BCUT2D eigenvalue weighted by Crippen LogP contribution is -2.23. The van der Waals surface area contributed by atoms with E-state index in [4.69, 9.17) is 4.42 Å². The van der Waals surface area contributed by atoms with Crippen LogP contribution in [0, 0.1) is 0 Å². The lowest BCUT2D eigenvalue weighted by Gasteiger charge is -2.00. The fraction of sp³-hybridized carbons (Fsp3) is 0.200. The third-order valence-electron chi connectivity index (χ3n) is 2.09. The maximum atomic E-state index is 11.7. The second-order valence-electron chi connectivity index (χ2n) is 3.66. The highest BCUT2D eigenvalue weighted by atomic mass is 32.2. The Labute approximate surface area is 108 Å². The van der Waals surface area contributed by atoms with Gasteiger partial charge in [0.15, 0.2) is 0 Å². The molecule has 0 aliphatic rings. The molecule has 1 amide bonds. The number of amides is 1. The second-order valence-corrected chi connectivity index (χ2v) is 5.55. The first kappa shape index (κ1) is 13.1. The van der Waals surface area contributed by atoms with Gasteiger partial charge in [0.2, 0.25) is 15.7 Å². The van der Waals surface area contributed by atoms with Gasteiger partial charge in [-0.25, -0.2) is 8.42 Å². The Morgan fingerprint density at radius 3 is 2.79 bits per heavy atom. The van der Waals surface area contributed by atoms with Gasteiger partial charge in [0, 0.05) is 18.6 Å². The zero-order valence-electron chi connectivity index (χ0n) is 9.90. The molecule has 0 aromatic carbocycles. The molecule has 0 fully saturated rings. The third kappa shape index (κ3) is 3.35. The molecule has 0 aliphatic carbocycles. The molecular weight excluding hydrogens is 272 g/mol. The summed E-state index contributed by atoms with van der Waals surface area (Å²) in [6.45, 7) is -0.0593. The van der Waals surface area contributed by atoms with E-state index in [1.54, 1.807) is 18.3 Å². The first-order valence-electron chi connectivity index (χ1n) is 5.17. The van der Waals surface area contributed by atoms with Gasteiger partial charge in [-0.1, -0.05) is 5.10 Å². The number of hydrogen-bond donors (Lipinski definition) is 1. The SMILES string of the molecule is CS(=O)(=O)c1nnc(CNC(=O)c2cccnc2)o1. The summed E-state index contributed by atoms with van der Waals surface area (Å²) in [5.41, 5.74) is 0.380. The van der Waals surface area contributed by atoms with Crippen LogP contribution >= 0.6 is 0 Å². The first-order chi connectivity index (χ1) is 8.97. The molecule has 9 heteroatoms. The minimum Gasteiger partial charge on any atom is -0.411 e. The number of nitrogens with zero attached hydrogens (tertiary/aromatic N) is 3. The quantitative estimate of drug-likeness (QED) is 0.825. The summed E-state index contributed by atoms with van der Waals surface area (Å²) < 4.78 is 27.1. The maximum Gasteiger partial charge on any atom is 0.335 e. The molecule has 0 saturated heterocycles. The van der Waals surface area contributed by atoms with Gasteiger partial charge in [-0.05, 0) is 12.1 Å². The summed E-state index contributed by atoms with van der Waals surface area (Å²) in [6.07, 6.45) is 3.91. The summed E-state index contributed by atoms with van der Waals surface area (Å²) in [4.78, 5) is 15.5.